The summed E-state index contributed by atoms with van der Waals surface area (Å²) in [6, 6.07) is 12.3. The Morgan fingerprint density at radius 3 is 2.60 bits per heavy atom. The fourth-order valence-electron chi connectivity index (χ4n) is 2.06. The predicted molar refractivity (Wildman–Crippen MR) is 61.6 cm³/mol. The van der Waals surface area contributed by atoms with Gasteiger partial charge in [-0.3, -0.25) is 0 Å². The van der Waals surface area contributed by atoms with E-state index in [2.05, 4.69) is 23.2 Å². The molecule has 0 radical (unpaired) electrons. The molecule has 1 heterocycles. The van der Waals surface area contributed by atoms with Gasteiger partial charge in [-0.25, -0.2) is 0 Å². The summed E-state index contributed by atoms with van der Waals surface area (Å²) in [6.45, 7) is 0. The lowest BCUT2D eigenvalue weighted by Crippen LogP contribution is -2.53. The molecular weight excluding hydrogens is 186 g/mol. The highest BCUT2D eigenvalue weighted by atomic mass is 15.0. The van der Waals surface area contributed by atoms with E-state index in [1.807, 2.05) is 24.3 Å². The van der Waals surface area contributed by atoms with Gasteiger partial charge in [-0.2, -0.15) is 0 Å². The zero-order valence-corrected chi connectivity index (χ0v) is 8.25. The number of benzene rings is 2. The third-order valence-corrected chi connectivity index (χ3v) is 2.81. The van der Waals surface area contributed by atoms with Gasteiger partial charge in [-0.1, -0.05) is 30.3 Å². The van der Waals surface area contributed by atoms with E-state index in [1.54, 1.807) is 0 Å². The first-order valence-corrected chi connectivity index (χ1v) is 4.88. The molecular formula is C12H12N3+. The Morgan fingerprint density at radius 2 is 1.80 bits per heavy atom. The molecule has 0 atom stereocenters. The highest BCUT2D eigenvalue weighted by Crippen LogP contribution is 2.33. The first kappa shape index (κ1) is 8.32. The van der Waals surface area contributed by atoms with Crippen LogP contribution in [-0.4, -0.2) is 0 Å². The molecule has 3 rings (SSSR count). The van der Waals surface area contributed by atoms with Crippen molar-refractivity contribution in [1.29, 1.82) is 0 Å². The van der Waals surface area contributed by atoms with Crippen LogP contribution in [0.4, 0.5) is 5.69 Å². The van der Waals surface area contributed by atoms with Gasteiger partial charge >= 0.3 is 0 Å². The SMILES string of the molecule is NC1=C([NH3+])Nc2cccc3cccc1c23. The Balaban J connectivity index is 2.50. The zero-order valence-electron chi connectivity index (χ0n) is 8.25. The lowest BCUT2D eigenvalue weighted by Gasteiger charge is -2.18. The Kier molecular flexibility index (Phi) is 1.52. The van der Waals surface area contributed by atoms with E-state index in [-0.39, 0.29) is 0 Å². The van der Waals surface area contributed by atoms with Crippen LogP contribution in [0.1, 0.15) is 5.56 Å². The third-order valence-electron chi connectivity index (χ3n) is 2.81. The molecule has 1 aliphatic heterocycles. The second-order valence-corrected chi connectivity index (χ2v) is 3.73. The van der Waals surface area contributed by atoms with Crippen LogP contribution in [0, 0.1) is 0 Å². The number of anilines is 1. The lowest BCUT2D eigenvalue weighted by molar-refractivity contribution is -0.298. The molecule has 0 unspecified atom stereocenters. The van der Waals surface area contributed by atoms with Gasteiger partial charge in [0.2, 0.25) is 5.82 Å². The topological polar surface area (TPSA) is 65.7 Å². The molecule has 0 spiro atoms. The van der Waals surface area contributed by atoms with Gasteiger partial charge in [-0.05, 0) is 11.5 Å². The van der Waals surface area contributed by atoms with Crippen molar-refractivity contribution in [3.05, 3.63) is 47.8 Å². The fraction of sp³-hybridized carbons (Fsp3) is 0. The van der Waals surface area contributed by atoms with Gasteiger partial charge in [0, 0.05) is 10.9 Å². The van der Waals surface area contributed by atoms with Crippen molar-refractivity contribution in [2.75, 3.05) is 5.32 Å². The molecule has 6 N–H and O–H groups in total. The molecule has 3 heteroatoms. The number of quaternary nitrogens is 1. The molecule has 2 aromatic carbocycles. The average molecular weight is 198 g/mol. The molecule has 0 bridgehead atoms. The van der Waals surface area contributed by atoms with Crippen LogP contribution in [0.3, 0.4) is 0 Å². The van der Waals surface area contributed by atoms with E-state index >= 15 is 0 Å². The quantitative estimate of drug-likeness (QED) is 0.593. The monoisotopic (exact) mass is 198 g/mol. The summed E-state index contributed by atoms with van der Waals surface area (Å²) in [7, 11) is 0. The van der Waals surface area contributed by atoms with Gasteiger partial charge in [0.05, 0.1) is 5.69 Å². The number of hydrogen-bond donors (Lipinski definition) is 3. The molecule has 0 aliphatic carbocycles. The average Bonchev–Trinajstić information content (AvgIpc) is 2.26. The number of nitrogens with two attached hydrogens (primary N) is 1. The maximum atomic E-state index is 6.00. The van der Waals surface area contributed by atoms with Crippen molar-refractivity contribution in [3.63, 3.8) is 0 Å². The molecule has 0 aromatic heterocycles. The van der Waals surface area contributed by atoms with E-state index in [9.17, 15) is 0 Å². The van der Waals surface area contributed by atoms with Crippen LogP contribution in [0.2, 0.25) is 0 Å². The van der Waals surface area contributed by atoms with Gasteiger partial charge in [0.25, 0.3) is 0 Å². The molecule has 0 amide bonds. The summed E-state index contributed by atoms with van der Waals surface area (Å²) in [4.78, 5) is 0. The number of hydrogen-bond acceptors (Lipinski definition) is 2. The zero-order chi connectivity index (χ0) is 10.4. The molecule has 74 valence electrons. The van der Waals surface area contributed by atoms with E-state index in [0.29, 0.717) is 0 Å². The first-order chi connectivity index (χ1) is 7.27. The van der Waals surface area contributed by atoms with Crippen molar-refractivity contribution < 1.29 is 5.73 Å². The van der Waals surface area contributed by atoms with E-state index in [0.717, 1.165) is 22.8 Å². The maximum Gasteiger partial charge on any atom is 0.225 e. The number of nitrogens with one attached hydrogen (secondary N) is 1. The molecule has 0 saturated heterocycles. The van der Waals surface area contributed by atoms with E-state index < -0.39 is 0 Å². The van der Waals surface area contributed by atoms with Crippen LogP contribution < -0.4 is 16.8 Å². The van der Waals surface area contributed by atoms with Crippen LogP contribution in [-0.2, 0) is 0 Å². The van der Waals surface area contributed by atoms with Gasteiger partial charge in [0.15, 0.2) is 0 Å². The largest absolute Gasteiger partial charge is 0.392 e. The van der Waals surface area contributed by atoms with Crippen LogP contribution in [0.5, 0.6) is 0 Å². The fourth-order valence-corrected chi connectivity index (χ4v) is 2.06. The summed E-state index contributed by atoms with van der Waals surface area (Å²) < 4.78 is 0. The Labute approximate surface area is 87.4 Å². The highest BCUT2D eigenvalue weighted by molar-refractivity contribution is 6.04. The minimum absolute atomic E-state index is 0.735. The van der Waals surface area contributed by atoms with Crippen LogP contribution >= 0.6 is 0 Å². The normalized spacial score (nSPS) is 14.2. The van der Waals surface area contributed by atoms with Crippen molar-refractivity contribution in [3.8, 4) is 0 Å². The van der Waals surface area contributed by atoms with Gasteiger partial charge < -0.3 is 16.8 Å². The second kappa shape index (κ2) is 2.74. The smallest absolute Gasteiger partial charge is 0.225 e. The minimum Gasteiger partial charge on any atom is -0.392 e. The first-order valence-electron chi connectivity index (χ1n) is 4.88. The molecule has 0 saturated carbocycles. The van der Waals surface area contributed by atoms with Gasteiger partial charge in [0.1, 0.15) is 5.70 Å². The van der Waals surface area contributed by atoms with Crippen molar-refractivity contribution in [2.45, 2.75) is 0 Å². The van der Waals surface area contributed by atoms with E-state index in [1.165, 1.54) is 10.8 Å². The van der Waals surface area contributed by atoms with Crippen molar-refractivity contribution >= 4 is 22.2 Å². The van der Waals surface area contributed by atoms with Crippen LogP contribution in [0.25, 0.3) is 16.5 Å². The second-order valence-electron chi connectivity index (χ2n) is 3.73. The third kappa shape index (κ3) is 1.04. The van der Waals surface area contributed by atoms with Crippen LogP contribution in [0.15, 0.2) is 42.2 Å². The summed E-state index contributed by atoms with van der Waals surface area (Å²) in [5.74, 6) is 0.779. The molecule has 3 nitrogen and oxygen atoms in total. The van der Waals surface area contributed by atoms with E-state index in [4.69, 9.17) is 5.73 Å². The summed E-state index contributed by atoms with van der Waals surface area (Å²) in [5, 5.41) is 5.60. The summed E-state index contributed by atoms with van der Waals surface area (Å²) >= 11 is 0. The summed E-state index contributed by atoms with van der Waals surface area (Å²) in [6.07, 6.45) is 0. The van der Waals surface area contributed by atoms with Gasteiger partial charge in [-0.15, -0.1) is 0 Å². The molecule has 2 aromatic rings. The molecule has 15 heavy (non-hydrogen) atoms. The standard InChI is InChI=1S/C12H11N3/c13-11-8-5-1-3-7-4-2-6-9(10(7)8)15-12(11)14/h1-6,15H,13-14H2/p+1. The maximum absolute atomic E-state index is 6.00. The lowest BCUT2D eigenvalue weighted by atomic mass is 9.98. The van der Waals surface area contributed by atoms with Crippen molar-refractivity contribution in [2.24, 2.45) is 5.73 Å². The number of rotatable bonds is 0. The minimum atomic E-state index is 0.735. The Bertz CT molecular complexity index is 579. The molecule has 1 aliphatic rings. The summed E-state index contributed by atoms with van der Waals surface area (Å²) in [5.41, 5.74) is 12.8. The van der Waals surface area contributed by atoms with Crippen molar-refractivity contribution in [1.82, 2.24) is 0 Å². The Hall–Kier alpha value is -2.00. The molecule has 0 fully saturated rings. The Morgan fingerprint density at radius 1 is 1.07 bits per heavy atom. The highest BCUT2D eigenvalue weighted by Gasteiger charge is 2.18. The predicted octanol–water partition coefficient (Wildman–Crippen LogP) is 1.09.